The number of carbonyl (C=O) groups excluding carboxylic acids is 1. The fraction of sp³-hybridized carbons (Fsp3) is 0.929. The van der Waals surface area contributed by atoms with Crippen molar-refractivity contribution in [1.29, 1.82) is 0 Å². The third kappa shape index (κ3) is 5.25. The molecule has 1 rings (SSSR count). The van der Waals surface area contributed by atoms with Gasteiger partial charge in [0.15, 0.2) is 0 Å². The second-order valence-electron chi connectivity index (χ2n) is 6.73. The van der Waals surface area contributed by atoms with Crippen molar-refractivity contribution < 1.29 is 4.79 Å². The molecular formula is C14H29N3O. The maximum atomic E-state index is 12.0. The summed E-state index contributed by atoms with van der Waals surface area (Å²) in [4.78, 5) is 16.2. The normalized spacial score (nSPS) is 18.2. The first kappa shape index (κ1) is 15.3. The van der Waals surface area contributed by atoms with E-state index in [9.17, 15) is 4.79 Å². The second kappa shape index (κ2) is 6.41. The predicted molar refractivity (Wildman–Crippen MR) is 75.7 cm³/mol. The summed E-state index contributed by atoms with van der Waals surface area (Å²) in [5.41, 5.74) is 0.113. The summed E-state index contributed by atoms with van der Waals surface area (Å²) in [7, 11) is 4.13. The van der Waals surface area contributed by atoms with Crippen molar-refractivity contribution in [2.45, 2.75) is 33.6 Å². The molecule has 1 aliphatic rings. The number of nitrogens with zero attached hydrogens (tertiary/aromatic N) is 2. The summed E-state index contributed by atoms with van der Waals surface area (Å²) in [5.74, 6) is 0.763. The van der Waals surface area contributed by atoms with E-state index in [1.165, 1.54) is 0 Å². The highest BCUT2D eigenvalue weighted by atomic mass is 16.2. The van der Waals surface area contributed by atoms with Gasteiger partial charge in [0.25, 0.3) is 0 Å². The molecule has 1 N–H and O–H groups in total. The Morgan fingerprint density at radius 2 is 1.89 bits per heavy atom. The lowest BCUT2D eigenvalue weighted by Crippen LogP contribution is -2.48. The first-order chi connectivity index (χ1) is 8.30. The molecule has 1 fully saturated rings. The Morgan fingerprint density at radius 1 is 1.33 bits per heavy atom. The lowest BCUT2D eigenvalue weighted by molar-refractivity contribution is 0.165. The molecule has 1 aliphatic heterocycles. The maximum absolute atomic E-state index is 12.0. The van der Waals surface area contributed by atoms with Crippen LogP contribution in [0.15, 0.2) is 0 Å². The minimum absolute atomic E-state index is 0.105. The van der Waals surface area contributed by atoms with Crippen LogP contribution in [0.1, 0.15) is 33.6 Å². The van der Waals surface area contributed by atoms with Crippen molar-refractivity contribution in [3.63, 3.8) is 0 Å². The van der Waals surface area contributed by atoms with Gasteiger partial charge in [0, 0.05) is 26.2 Å². The molecule has 0 spiro atoms. The molecule has 106 valence electrons. The molecule has 2 amide bonds. The molecule has 0 aliphatic carbocycles. The largest absolute Gasteiger partial charge is 0.337 e. The van der Waals surface area contributed by atoms with Crippen molar-refractivity contribution in [1.82, 2.24) is 15.1 Å². The van der Waals surface area contributed by atoms with Crippen molar-refractivity contribution in [2.24, 2.45) is 11.3 Å². The lowest BCUT2D eigenvalue weighted by atomic mass is 9.93. The summed E-state index contributed by atoms with van der Waals surface area (Å²) in [6, 6.07) is 0.105. The van der Waals surface area contributed by atoms with Gasteiger partial charge in [-0.15, -0.1) is 0 Å². The van der Waals surface area contributed by atoms with Gasteiger partial charge in [-0.3, -0.25) is 0 Å². The Labute approximate surface area is 112 Å². The van der Waals surface area contributed by atoms with Gasteiger partial charge in [0.1, 0.15) is 0 Å². The van der Waals surface area contributed by atoms with Crippen LogP contribution in [0.4, 0.5) is 4.79 Å². The highest BCUT2D eigenvalue weighted by Gasteiger charge is 2.23. The minimum Gasteiger partial charge on any atom is -0.337 e. The van der Waals surface area contributed by atoms with E-state index in [4.69, 9.17) is 0 Å². The third-order valence-electron chi connectivity index (χ3n) is 3.53. The molecule has 0 aromatic carbocycles. The van der Waals surface area contributed by atoms with Crippen LogP contribution in [0.5, 0.6) is 0 Å². The summed E-state index contributed by atoms with van der Waals surface area (Å²) < 4.78 is 0. The highest BCUT2D eigenvalue weighted by molar-refractivity contribution is 5.74. The number of hydrogen-bond donors (Lipinski definition) is 1. The topological polar surface area (TPSA) is 35.6 Å². The smallest absolute Gasteiger partial charge is 0.317 e. The van der Waals surface area contributed by atoms with E-state index < -0.39 is 0 Å². The number of nitrogens with one attached hydrogen (secondary N) is 1. The zero-order chi connectivity index (χ0) is 13.8. The average Bonchev–Trinajstić information content (AvgIpc) is 2.25. The predicted octanol–water partition coefficient (Wildman–Crippen LogP) is 2.02. The number of likely N-dealkylation sites (tertiary alicyclic amines) is 1. The number of amides is 2. The molecule has 0 aromatic rings. The zero-order valence-electron chi connectivity index (χ0n) is 12.6. The van der Waals surface area contributed by atoms with Gasteiger partial charge >= 0.3 is 6.03 Å². The van der Waals surface area contributed by atoms with Crippen LogP contribution in [0, 0.1) is 11.3 Å². The second-order valence-corrected chi connectivity index (χ2v) is 6.73. The van der Waals surface area contributed by atoms with E-state index in [0.717, 1.165) is 44.9 Å². The Morgan fingerprint density at radius 3 is 2.39 bits per heavy atom. The number of hydrogen-bond acceptors (Lipinski definition) is 2. The van der Waals surface area contributed by atoms with Gasteiger partial charge in [-0.25, -0.2) is 4.79 Å². The van der Waals surface area contributed by atoms with Crippen molar-refractivity contribution in [3.05, 3.63) is 0 Å². The molecule has 0 bridgehead atoms. The van der Waals surface area contributed by atoms with Crippen LogP contribution in [0.3, 0.4) is 0 Å². The third-order valence-corrected chi connectivity index (χ3v) is 3.53. The van der Waals surface area contributed by atoms with E-state index in [1.807, 2.05) is 4.90 Å². The van der Waals surface area contributed by atoms with Crippen LogP contribution in [-0.4, -0.2) is 56.1 Å². The molecule has 0 atom stereocenters. The molecule has 0 saturated carbocycles. The average molecular weight is 255 g/mol. The molecule has 4 nitrogen and oxygen atoms in total. The first-order valence-corrected chi connectivity index (χ1v) is 6.98. The first-order valence-electron chi connectivity index (χ1n) is 6.98. The van der Waals surface area contributed by atoms with Crippen molar-refractivity contribution >= 4 is 6.03 Å². The standard InChI is InChI=1S/C14H29N3O/c1-12-6-8-17(9-7-12)13(18)15-10-14(2,3)11-16(4)5/h12H,6-11H2,1-5H3,(H,15,18). The molecule has 1 heterocycles. The minimum atomic E-state index is 0.105. The Bertz CT molecular complexity index is 268. The van der Waals surface area contributed by atoms with Gasteiger partial charge in [-0.1, -0.05) is 20.8 Å². The molecule has 4 heteroatoms. The summed E-state index contributed by atoms with van der Waals surface area (Å²) in [6.45, 7) is 10.1. The van der Waals surface area contributed by atoms with Crippen LogP contribution in [-0.2, 0) is 0 Å². The van der Waals surface area contributed by atoms with Crippen LogP contribution in [0.25, 0.3) is 0 Å². The number of piperidine rings is 1. The number of urea groups is 1. The highest BCUT2D eigenvalue weighted by Crippen LogP contribution is 2.17. The van der Waals surface area contributed by atoms with Gasteiger partial charge in [0.05, 0.1) is 0 Å². The fourth-order valence-corrected chi connectivity index (χ4v) is 2.55. The molecule has 0 radical (unpaired) electrons. The molecular weight excluding hydrogens is 226 g/mol. The number of carbonyl (C=O) groups is 1. The van der Waals surface area contributed by atoms with Crippen LogP contribution in [0.2, 0.25) is 0 Å². The van der Waals surface area contributed by atoms with Gasteiger partial charge in [-0.05, 0) is 38.3 Å². The SMILES string of the molecule is CC1CCN(C(=O)NCC(C)(C)CN(C)C)CC1. The van der Waals surface area contributed by atoms with Gasteiger partial charge in [0.2, 0.25) is 0 Å². The zero-order valence-corrected chi connectivity index (χ0v) is 12.6. The Balaban J connectivity index is 2.32. The summed E-state index contributed by atoms with van der Waals surface area (Å²) in [6.07, 6.45) is 2.27. The van der Waals surface area contributed by atoms with E-state index in [0.29, 0.717) is 0 Å². The molecule has 18 heavy (non-hydrogen) atoms. The van der Waals surface area contributed by atoms with E-state index in [1.54, 1.807) is 0 Å². The molecule has 1 saturated heterocycles. The van der Waals surface area contributed by atoms with E-state index in [-0.39, 0.29) is 11.4 Å². The van der Waals surface area contributed by atoms with E-state index >= 15 is 0 Å². The fourth-order valence-electron chi connectivity index (χ4n) is 2.55. The van der Waals surface area contributed by atoms with Crippen molar-refractivity contribution in [3.8, 4) is 0 Å². The monoisotopic (exact) mass is 255 g/mol. The Hall–Kier alpha value is -0.770. The summed E-state index contributed by atoms with van der Waals surface area (Å²) in [5, 5.41) is 3.07. The van der Waals surface area contributed by atoms with Gasteiger partial charge in [-0.2, -0.15) is 0 Å². The van der Waals surface area contributed by atoms with Crippen LogP contribution < -0.4 is 5.32 Å². The number of rotatable bonds is 4. The van der Waals surface area contributed by atoms with Gasteiger partial charge < -0.3 is 15.1 Å². The molecule has 0 unspecified atom stereocenters. The lowest BCUT2D eigenvalue weighted by Gasteiger charge is -2.33. The van der Waals surface area contributed by atoms with E-state index in [2.05, 4.69) is 45.1 Å². The maximum Gasteiger partial charge on any atom is 0.317 e. The summed E-state index contributed by atoms with van der Waals surface area (Å²) >= 11 is 0. The van der Waals surface area contributed by atoms with Crippen molar-refractivity contribution in [2.75, 3.05) is 40.3 Å². The van der Waals surface area contributed by atoms with Crippen LogP contribution >= 0.6 is 0 Å². The Kier molecular flexibility index (Phi) is 5.45. The quantitative estimate of drug-likeness (QED) is 0.834. The molecule has 0 aromatic heterocycles.